The number of carbonyl (C=O) groups is 1. The van der Waals surface area contributed by atoms with Crippen LogP contribution in [-0.2, 0) is 4.79 Å². The Morgan fingerprint density at radius 3 is 2.70 bits per heavy atom. The average Bonchev–Trinajstić information content (AvgIpc) is 3.16. The molecule has 1 aliphatic rings. The second-order valence-electron chi connectivity index (χ2n) is 7.19. The van der Waals surface area contributed by atoms with E-state index in [0.717, 1.165) is 27.3 Å². The van der Waals surface area contributed by atoms with Crippen molar-refractivity contribution in [1.82, 2.24) is 0 Å². The summed E-state index contributed by atoms with van der Waals surface area (Å²) in [6.07, 6.45) is 5.71. The second-order valence-corrected chi connectivity index (χ2v) is 8.10. The highest BCUT2D eigenvalue weighted by Gasteiger charge is 2.31. The maximum Gasteiger partial charge on any atom is 0.225 e. The molecule has 2 aromatic carbocycles. The molecule has 0 radical (unpaired) electrons. The number of rotatable bonds is 6. The van der Waals surface area contributed by atoms with Crippen molar-refractivity contribution >= 4 is 22.9 Å². The lowest BCUT2D eigenvalue weighted by Gasteiger charge is -2.24. The van der Waals surface area contributed by atoms with Crippen LogP contribution in [0.4, 0.5) is 5.69 Å². The summed E-state index contributed by atoms with van der Waals surface area (Å²) >= 11 is 1.68. The van der Waals surface area contributed by atoms with Gasteiger partial charge in [0.05, 0.1) is 12.3 Å². The van der Waals surface area contributed by atoms with Crippen molar-refractivity contribution in [1.29, 1.82) is 0 Å². The minimum atomic E-state index is -0.0289. The molecule has 152 valence electrons. The van der Waals surface area contributed by atoms with Gasteiger partial charge in [-0.2, -0.15) is 0 Å². The zero-order valence-corrected chi connectivity index (χ0v) is 17.8. The number of nitrogens with one attached hydrogen (secondary N) is 1. The predicted octanol–water partition coefficient (Wildman–Crippen LogP) is 5.61. The smallest absolute Gasteiger partial charge is 0.225 e. The number of benzene rings is 2. The zero-order valence-electron chi connectivity index (χ0n) is 17.0. The topological polar surface area (TPSA) is 47.6 Å². The van der Waals surface area contributed by atoms with E-state index in [2.05, 4.69) is 47.8 Å². The minimum Gasteiger partial charge on any atom is -0.490 e. The van der Waals surface area contributed by atoms with Gasteiger partial charge in [-0.05, 0) is 37.1 Å². The molecule has 4 nitrogen and oxygen atoms in total. The molecular formula is C25H23NO3S. The van der Waals surface area contributed by atoms with Crippen LogP contribution in [0.1, 0.15) is 35.3 Å². The Balaban J connectivity index is 1.73. The first-order valence-corrected chi connectivity index (χ1v) is 10.8. The molecule has 0 saturated heterocycles. The fraction of sp³-hybridized carbons (Fsp3) is 0.240. The number of amides is 1. The van der Waals surface area contributed by atoms with Crippen molar-refractivity contribution in [2.45, 2.75) is 26.2 Å². The largest absolute Gasteiger partial charge is 0.490 e. The molecule has 0 saturated carbocycles. The first-order valence-electron chi connectivity index (χ1n) is 9.92. The van der Waals surface area contributed by atoms with E-state index in [1.165, 1.54) is 5.56 Å². The highest BCUT2D eigenvalue weighted by Crippen LogP contribution is 2.47. The molecule has 0 aliphatic carbocycles. The van der Waals surface area contributed by atoms with Gasteiger partial charge in [-0.3, -0.25) is 4.79 Å². The maximum absolute atomic E-state index is 12.6. The Morgan fingerprint density at radius 1 is 1.17 bits per heavy atom. The normalized spacial score (nSPS) is 15.1. The molecule has 0 spiro atoms. The Bertz CT molecular complexity index is 1110. The SMILES string of the molecule is C#CCOc1ccc(C2CC(=O)Nc3c(-c4ccc(C)cc4)csc32)cc1OCC. The van der Waals surface area contributed by atoms with Gasteiger partial charge >= 0.3 is 0 Å². The van der Waals surface area contributed by atoms with Crippen molar-refractivity contribution in [2.75, 3.05) is 18.5 Å². The van der Waals surface area contributed by atoms with Gasteiger partial charge in [-0.25, -0.2) is 0 Å². The van der Waals surface area contributed by atoms with Crippen LogP contribution >= 0.6 is 11.3 Å². The molecule has 30 heavy (non-hydrogen) atoms. The van der Waals surface area contributed by atoms with Crippen LogP contribution < -0.4 is 14.8 Å². The molecule has 3 aromatic rings. The van der Waals surface area contributed by atoms with Crippen LogP contribution in [0.5, 0.6) is 11.5 Å². The maximum atomic E-state index is 12.6. The van der Waals surface area contributed by atoms with E-state index in [4.69, 9.17) is 15.9 Å². The van der Waals surface area contributed by atoms with Gasteiger partial charge in [0.2, 0.25) is 5.91 Å². The number of fused-ring (bicyclic) bond motifs is 1. The number of ether oxygens (including phenoxy) is 2. The van der Waals surface area contributed by atoms with Crippen molar-refractivity contribution in [2.24, 2.45) is 0 Å². The number of thiophene rings is 1. The Kier molecular flexibility index (Phi) is 5.78. The van der Waals surface area contributed by atoms with Crippen LogP contribution in [0.25, 0.3) is 11.1 Å². The Morgan fingerprint density at radius 2 is 1.97 bits per heavy atom. The lowest BCUT2D eigenvalue weighted by molar-refractivity contribution is -0.116. The van der Waals surface area contributed by atoms with Crippen LogP contribution in [0.3, 0.4) is 0 Å². The van der Waals surface area contributed by atoms with Gasteiger partial charge in [-0.1, -0.05) is 41.8 Å². The fourth-order valence-electron chi connectivity index (χ4n) is 3.69. The third-order valence-electron chi connectivity index (χ3n) is 5.13. The van der Waals surface area contributed by atoms with E-state index in [1.807, 2.05) is 25.1 Å². The summed E-state index contributed by atoms with van der Waals surface area (Å²) in [5, 5.41) is 5.22. The molecule has 1 unspecified atom stereocenters. The monoisotopic (exact) mass is 417 g/mol. The highest BCUT2D eigenvalue weighted by atomic mass is 32.1. The number of hydrogen-bond acceptors (Lipinski definition) is 4. The quantitative estimate of drug-likeness (QED) is 0.531. The molecule has 0 fully saturated rings. The van der Waals surface area contributed by atoms with Crippen LogP contribution in [0.15, 0.2) is 47.8 Å². The minimum absolute atomic E-state index is 0.0184. The Labute approximate surface area is 180 Å². The third-order valence-corrected chi connectivity index (χ3v) is 6.23. The van der Waals surface area contributed by atoms with Crippen molar-refractivity contribution in [3.63, 3.8) is 0 Å². The van der Waals surface area contributed by atoms with Gasteiger partial charge in [0.25, 0.3) is 0 Å². The average molecular weight is 418 g/mol. The summed E-state index contributed by atoms with van der Waals surface area (Å²) in [6, 6.07) is 14.2. The third kappa shape index (κ3) is 3.92. The molecule has 2 heterocycles. The first-order chi connectivity index (χ1) is 14.6. The molecule has 1 atom stereocenters. The number of anilines is 1. The van der Waals surface area contributed by atoms with Gasteiger partial charge in [0.1, 0.15) is 6.61 Å². The highest BCUT2D eigenvalue weighted by molar-refractivity contribution is 7.11. The molecule has 5 heteroatoms. The fourth-order valence-corrected chi connectivity index (χ4v) is 4.85. The summed E-state index contributed by atoms with van der Waals surface area (Å²) < 4.78 is 11.4. The molecule has 1 N–H and O–H groups in total. The predicted molar refractivity (Wildman–Crippen MR) is 122 cm³/mol. The lowest BCUT2D eigenvalue weighted by atomic mass is 9.89. The molecular weight excluding hydrogens is 394 g/mol. The summed E-state index contributed by atoms with van der Waals surface area (Å²) in [5.74, 6) is 3.73. The van der Waals surface area contributed by atoms with Crippen molar-refractivity contribution < 1.29 is 14.3 Å². The molecule has 1 aromatic heterocycles. The molecule has 1 aliphatic heterocycles. The first kappa shape index (κ1) is 20.1. The van der Waals surface area contributed by atoms with E-state index in [0.29, 0.717) is 24.5 Å². The van der Waals surface area contributed by atoms with E-state index in [-0.39, 0.29) is 18.4 Å². The second kappa shape index (κ2) is 8.64. The van der Waals surface area contributed by atoms with Crippen LogP contribution in [0.2, 0.25) is 0 Å². The standard InChI is InChI=1S/C25H23NO3S/c1-4-12-29-21-11-10-18(13-22(21)28-5-2)19-14-23(27)26-24-20(15-30-25(19)24)17-8-6-16(3)7-9-17/h1,6-11,13,15,19H,5,12,14H2,2-3H3,(H,26,27). The number of hydrogen-bond donors (Lipinski definition) is 1. The van der Waals surface area contributed by atoms with Crippen molar-refractivity contribution in [3.8, 4) is 35.0 Å². The van der Waals surface area contributed by atoms with Gasteiger partial charge in [0.15, 0.2) is 11.5 Å². The summed E-state index contributed by atoms with van der Waals surface area (Å²) in [5.41, 5.74) is 5.31. The van der Waals surface area contributed by atoms with E-state index >= 15 is 0 Å². The van der Waals surface area contributed by atoms with Crippen molar-refractivity contribution in [3.05, 3.63) is 63.8 Å². The van der Waals surface area contributed by atoms with Crippen LogP contribution in [0, 0.1) is 19.3 Å². The van der Waals surface area contributed by atoms with Gasteiger partial charge in [0, 0.05) is 28.2 Å². The molecule has 1 amide bonds. The van der Waals surface area contributed by atoms with Crippen LogP contribution in [-0.4, -0.2) is 19.1 Å². The summed E-state index contributed by atoms with van der Waals surface area (Å²) in [4.78, 5) is 13.7. The van der Waals surface area contributed by atoms with E-state index in [9.17, 15) is 4.79 Å². The summed E-state index contributed by atoms with van der Waals surface area (Å²) in [6.45, 7) is 4.69. The molecule has 0 bridgehead atoms. The van der Waals surface area contributed by atoms with E-state index < -0.39 is 0 Å². The van der Waals surface area contributed by atoms with Gasteiger partial charge in [-0.15, -0.1) is 17.8 Å². The lowest BCUT2D eigenvalue weighted by Crippen LogP contribution is -2.22. The van der Waals surface area contributed by atoms with Gasteiger partial charge < -0.3 is 14.8 Å². The van der Waals surface area contributed by atoms with E-state index in [1.54, 1.807) is 11.3 Å². The summed E-state index contributed by atoms with van der Waals surface area (Å²) in [7, 11) is 0. The Hall–Kier alpha value is -3.23. The number of aryl methyl sites for hydroxylation is 1. The number of carbonyl (C=O) groups excluding carboxylic acids is 1. The molecule has 4 rings (SSSR count). The number of terminal acetylenes is 1. The zero-order chi connectivity index (χ0) is 21.1.